The highest BCUT2D eigenvalue weighted by Gasteiger charge is 2.02. The van der Waals surface area contributed by atoms with E-state index < -0.39 is 0 Å². The summed E-state index contributed by atoms with van der Waals surface area (Å²) in [4.78, 5) is 2.14. The van der Waals surface area contributed by atoms with Gasteiger partial charge in [-0.05, 0) is 49.0 Å². The fourth-order valence-corrected chi connectivity index (χ4v) is 1.87. The maximum Gasteiger partial charge on any atom is 0.123 e. The largest absolute Gasteiger partial charge is 0.309 e. The third-order valence-corrected chi connectivity index (χ3v) is 2.76. The van der Waals surface area contributed by atoms with Crippen LogP contribution in [0.25, 0.3) is 10.8 Å². The molecule has 0 unspecified atom stereocenters. The van der Waals surface area contributed by atoms with Gasteiger partial charge in [0.1, 0.15) is 5.82 Å². The number of rotatable bonds is 3. The van der Waals surface area contributed by atoms with Crippen molar-refractivity contribution in [2.75, 3.05) is 20.6 Å². The summed E-state index contributed by atoms with van der Waals surface area (Å²) >= 11 is 0. The summed E-state index contributed by atoms with van der Waals surface area (Å²) in [7, 11) is 4.09. The van der Waals surface area contributed by atoms with E-state index in [2.05, 4.69) is 11.0 Å². The van der Waals surface area contributed by atoms with E-state index in [1.807, 2.05) is 32.3 Å². The van der Waals surface area contributed by atoms with E-state index in [1.54, 1.807) is 6.07 Å². The molecule has 16 heavy (non-hydrogen) atoms. The van der Waals surface area contributed by atoms with Crippen molar-refractivity contribution in [3.05, 3.63) is 47.8 Å². The summed E-state index contributed by atoms with van der Waals surface area (Å²) < 4.78 is 13.2. The molecule has 0 saturated heterocycles. The summed E-state index contributed by atoms with van der Waals surface area (Å²) in [6.07, 6.45) is 0.952. The highest BCUT2D eigenvalue weighted by molar-refractivity contribution is 5.85. The molecular weight excluding hydrogens is 201 g/mol. The van der Waals surface area contributed by atoms with Gasteiger partial charge in [0.25, 0.3) is 0 Å². The van der Waals surface area contributed by atoms with Gasteiger partial charge in [-0.3, -0.25) is 0 Å². The molecule has 0 radical (unpaired) electrons. The zero-order chi connectivity index (χ0) is 11.5. The van der Waals surface area contributed by atoms with Crippen molar-refractivity contribution in [3.8, 4) is 0 Å². The first kappa shape index (κ1) is 11.1. The first-order valence-electron chi connectivity index (χ1n) is 5.49. The smallest absolute Gasteiger partial charge is 0.123 e. The molecule has 0 saturated carbocycles. The van der Waals surface area contributed by atoms with Gasteiger partial charge in [0.05, 0.1) is 0 Å². The van der Waals surface area contributed by atoms with Crippen molar-refractivity contribution < 1.29 is 4.39 Å². The van der Waals surface area contributed by atoms with Crippen LogP contribution in [0.1, 0.15) is 5.56 Å². The van der Waals surface area contributed by atoms with Crippen LogP contribution in [0.3, 0.4) is 0 Å². The molecule has 2 rings (SSSR count). The van der Waals surface area contributed by atoms with Gasteiger partial charge in [0.15, 0.2) is 0 Å². The normalized spacial score (nSPS) is 11.2. The fourth-order valence-electron chi connectivity index (χ4n) is 1.87. The minimum Gasteiger partial charge on any atom is -0.309 e. The lowest BCUT2D eigenvalue weighted by Crippen LogP contribution is -2.15. The van der Waals surface area contributed by atoms with Crippen molar-refractivity contribution in [3.63, 3.8) is 0 Å². The van der Waals surface area contributed by atoms with E-state index in [9.17, 15) is 4.39 Å². The molecule has 0 N–H and O–H groups in total. The third kappa shape index (κ3) is 2.39. The van der Waals surface area contributed by atoms with Gasteiger partial charge in [0, 0.05) is 6.54 Å². The molecule has 0 aliphatic heterocycles. The van der Waals surface area contributed by atoms with Crippen LogP contribution >= 0.6 is 0 Å². The van der Waals surface area contributed by atoms with Crippen LogP contribution in [0.4, 0.5) is 4.39 Å². The average molecular weight is 217 g/mol. The van der Waals surface area contributed by atoms with E-state index in [4.69, 9.17) is 0 Å². The Labute approximate surface area is 95.5 Å². The lowest BCUT2D eigenvalue weighted by atomic mass is 10.0. The van der Waals surface area contributed by atoms with Crippen molar-refractivity contribution in [2.24, 2.45) is 0 Å². The molecule has 2 aromatic rings. The number of fused-ring (bicyclic) bond motifs is 1. The zero-order valence-electron chi connectivity index (χ0n) is 9.70. The van der Waals surface area contributed by atoms with Gasteiger partial charge < -0.3 is 4.90 Å². The first-order chi connectivity index (χ1) is 7.66. The Balaban J connectivity index is 2.40. The second-order valence-corrected chi connectivity index (χ2v) is 4.34. The van der Waals surface area contributed by atoms with Gasteiger partial charge in [-0.25, -0.2) is 4.39 Å². The maximum atomic E-state index is 13.2. The van der Waals surface area contributed by atoms with E-state index >= 15 is 0 Å². The number of nitrogens with zero attached hydrogens (tertiary/aromatic N) is 1. The van der Waals surface area contributed by atoms with Crippen LogP contribution in [-0.2, 0) is 6.42 Å². The summed E-state index contributed by atoms with van der Waals surface area (Å²) in [5.41, 5.74) is 1.21. The lowest BCUT2D eigenvalue weighted by Gasteiger charge is -2.11. The molecule has 0 aliphatic carbocycles. The van der Waals surface area contributed by atoms with Gasteiger partial charge in [-0.1, -0.05) is 24.3 Å². The molecule has 0 atom stereocenters. The molecule has 0 fully saturated rings. The van der Waals surface area contributed by atoms with Crippen LogP contribution in [0, 0.1) is 5.82 Å². The Bertz CT molecular complexity index is 491. The molecule has 1 nitrogen and oxygen atoms in total. The Morgan fingerprint density at radius 3 is 2.69 bits per heavy atom. The topological polar surface area (TPSA) is 3.24 Å². The highest BCUT2D eigenvalue weighted by atomic mass is 19.1. The van der Waals surface area contributed by atoms with Crippen LogP contribution in [0.2, 0.25) is 0 Å². The van der Waals surface area contributed by atoms with Gasteiger partial charge >= 0.3 is 0 Å². The number of hydrogen-bond acceptors (Lipinski definition) is 1. The zero-order valence-corrected chi connectivity index (χ0v) is 9.70. The summed E-state index contributed by atoms with van der Waals surface area (Å²) in [6, 6.07) is 11.1. The highest BCUT2D eigenvalue weighted by Crippen LogP contribution is 2.20. The summed E-state index contributed by atoms with van der Waals surface area (Å²) in [5.74, 6) is -0.162. The van der Waals surface area contributed by atoms with E-state index in [-0.39, 0.29) is 5.82 Å². The molecule has 2 aromatic carbocycles. The van der Waals surface area contributed by atoms with Gasteiger partial charge in [-0.2, -0.15) is 0 Å². The van der Waals surface area contributed by atoms with Crippen LogP contribution in [0.5, 0.6) is 0 Å². The maximum absolute atomic E-state index is 13.2. The number of likely N-dealkylation sites (N-methyl/N-ethyl adjacent to an activating group) is 1. The molecule has 0 aliphatic rings. The minimum absolute atomic E-state index is 0.162. The monoisotopic (exact) mass is 217 g/mol. The van der Waals surface area contributed by atoms with Crippen molar-refractivity contribution >= 4 is 10.8 Å². The van der Waals surface area contributed by atoms with Crippen LogP contribution in [-0.4, -0.2) is 25.5 Å². The summed E-state index contributed by atoms with van der Waals surface area (Å²) in [6.45, 7) is 0.982. The third-order valence-electron chi connectivity index (χ3n) is 2.76. The van der Waals surface area contributed by atoms with Gasteiger partial charge in [0.2, 0.25) is 0 Å². The Morgan fingerprint density at radius 2 is 1.94 bits per heavy atom. The molecule has 0 bridgehead atoms. The van der Waals surface area contributed by atoms with E-state index in [0.29, 0.717) is 0 Å². The predicted octanol–water partition coefficient (Wildman–Crippen LogP) is 3.08. The fraction of sp³-hybridized carbons (Fsp3) is 0.286. The second kappa shape index (κ2) is 4.62. The number of halogens is 1. The molecule has 0 aromatic heterocycles. The van der Waals surface area contributed by atoms with Crippen LogP contribution < -0.4 is 0 Å². The van der Waals surface area contributed by atoms with E-state index in [1.165, 1.54) is 11.6 Å². The summed E-state index contributed by atoms with van der Waals surface area (Å²) in [5, 5.41) is 2.14. The molecule has 84 valence electrons. The van der Waals surface area contributed by atoms with E-state index in [0.717, 1.165) is 23.7 Å². The first-order valence-corrected chi connectivity index (χ1v) is 5.49. The van der Waals surface area contributed by atoms with Crippen molar-refractivity contribution in [1.82, 2.24) is 4.90 Å². The molecule has 0 amide bonds. The minimum atomic E-state index is -0.162. The van der Waals surface area contributed by atoms with Gasteiger partial charge in [-0.15, -0.1) is 0 Å². The van der Waals surface area contributed by atoms with Crippen LogP contribution in [0.15, 0.2) is 36.4 Å². The molecule has 0 heterocycles. The Kier molecular flexibility index (Phi) is 3.20. The number of benzene rings is 2. The Morgan fingerprint density at radius 1 is 1.12 bits per heavy atom. The van der Waals surface area contributed by atoms with Crippen molar-refractivity contribution in [1.29, 1.82) is 0 Å². The molecular formula is C14H16FN. The lowest BCUT2D eigenvalue weighted by molar-refractivity contribution is 0.414. The standard InChI is InChI=1S/C14H16FN/c1-16(2)9-8-12-5-3-4-11-6-7-13(15)10-14(11)12/h3-7,10H,8-9H2,1-2H3. The average Bonchev–Trinajstić information content (AvgIpc) is 2.26. The molecule has 0 spiro atoms. The number of hydrogen-bond donors (Lipinski definition) is 0. The Hall–Kier alpha value is -1.41. The SMILES string of the molecule is CN(C)CCc1cccc2ccc(F)cc12. The quantitative estimate of drug-likeness (QED) is 0.763. The molecule has 2 heteroatoms. The van der Waals surface area contributed by atoms with Crippen molar-refractivity contribution in [2.45, 2.75) is 6.42 Å². The predicted molar refractivity (Wildman–Crippen MR) is 66.2 cm³/mol. The second-order valence-electron chi connectivity index (χ2n) is 4.34.